The molecule has 0 spiro atoms. The van der Waals surface area contributed by atoms with Crippen LogP contribution in [0.15, 0.2) is 51.7 Å². The van der Waals surface area contributed by atoms with E-state index in [2.05, 4.69) is 0 Å². The highest BCUT2D eigenvalue weighted by molar-refractivity contribution is 6.30. The maximum Gasteiger partial charge on any atom is 0.339 e. The number of nitrogens with zero attached hydrogens (tertiary/aromatic N) is 1. The van der Waals surface area contributed by atoms with Gasteiger partial charge in [-0.25, -0.2) is 4.79 Å². The molecule has 6 nitrogen and oxygen atoms in total. The molecule has 3 aromatic rings. The highest BCUT2D eigenvalue weighted by Crippen LogP contribution is 2.49. The summed E-state index contributed by atoms with van der Waals surface area (Å²) in [5.41, 5.74) is 2.34. The molecule has 2 aliphatic carbocycles. The Labute approximate surface area is 233 Å². The molecule has 0 bridgehead atoms. The van der Waals surface area contributed by atoms with Crippen LogP contribution in [0.5, 0.6) is 5.75 Å². The van der Waals surface area contributed by atoms with E-state index in [-0.39, 0.29) is 23.5 Å². The average Bonchev–Trinajstić information content (AvgIpc) is 2.95. The Morgan fingerprint density at radius 1 is 1.10 bits per heavy atom. The molecule has 2 heterocycles. The second-order valence-corrected chi connectivity index (χ2v) is 11.9. The van der Waals surface area contributed by atoms with E-state index in [9.17, 15) is 14.7 Å². The summed E-state index contributed by atoms with van der Waals surface area (Å²) in [5, 5.41) is 13.2. The average molecular weight is 550 g/mol. The lowest BCUT2D eigenvalue weighted by Gasteiger charge is -2.53. The van der Waals surface area contributed by atoms with Crippen molar-refractivity contribution in [3.05, 3.63) is 74.6 Å². The SMILES string of the molecule is CC[C@H](Oc1ccc2c3c(c(=O)oc2c1)CCCC3)C(=O)N1CC[C@@]2(O)CCCC[C@@H]2[C@@H]1c1ccc(Cl)cc1. The van der Waals surface area contributed by atoms with Gasteiger partial charge in [-0.3, -0.25) is 4.79 Å². The van der Waals surface area contributed by atoms with Gasteiger partial charge in [0.05, 0.1) is 11.6 Å². The van der Waals surface area contributed by atoms with Crippen molar-refractivity contribution in [2.45, 2.75) is 88.9 Å². The molecule has 1 saturated heterocycles. The summed E-state index contributed by atoms with van der Waals surface area (Å²) in [6, 6.07) is 13.0. The zero-order valence-corrected chi connectivity index (χ0v) is 23.2. The van der Waals surface area contributed by atoms with Crippen molar-refractivity contribution in [1.82, 2.24) is 4.90 Å². The molecule has 2 aromatic carbocycles. The molecule has 0 radical (unpaired) electrons. The molecule has 0 unspecified atom stereocenters. The number of carbonyl (C=O) groups excluding carboxylic acids is 1. The number of carbonyl (C=O) groups is 1. The maximum atomic E-state index is 14.1. The first-order chi connectivity index (χ1) is 18.9. The van der Waals surface area contributed by atoms with Gasteiger partial charge in [0, 0.05) is 34.5 Å². The number of aliphatic hydroxyl groups is 1. The molecule has 6 rings (SSSR count). The minimum Gasteiger partial charge on any atom is -0.480 e. The van der Waals surface area contributed by atoms with Gasteiger partial charge in [-0.2, -0.15) is 0 Å². The molecule has 1 saturated carbocycles. The van der Waals surface area contributed by atoms with E-state index in [1.165, 1.54) is 0 Å². The van der Waals surface area contributed by atoms with Gasteiger partial charge >= 0.3 is 5.63 Å². The summed E-state index contributed by atoms with van der Waals surface area (Å²) in [6.07, 6.45) is 7.77. The molecule has 3 aliphatic rings. The van der Waals surface area contributed by atoms with Crippen LogP contribution in [0.4, 0.5) is 0 Å². The van der Waals surface area contributed by atoms with Gasteiger partial charge < -0.3 is 19.2 Å². The summed E-state index contributed by atoms with van der Waals surface area (Å²) < 4.78 is 12.0. The van der Waals surface area contributed by atoms with Crippen LogP contribution >= 0.6 is 11.6 Å². The van der Waals surface area contributed by atoms with E-state index in [0.717, 1.165) is 73.4 Å². The van der Waals surface area contributed by atoms with Gasteiger partial charge in [0.1, 0.15) is 11.3 Å². The molecule has 7 heteroatoms. The van der Waals surface area contributed by atoms with Crippen molar-refractivity contribution < 1.29 is 19.1 Å². The molecule has 39 heavy (non-hydrogen) atoms. The molecule has 1 N–H and O–H groups in total. The summed E-state index contributed by atoms with van der Waals surface area (Å²) >= 11 is 6.19. The number of hydrogen-bond donors (Lipinski definition) is 1. The van der Waals surface area contributed by atoms with Crippen LogP contribution in [0.1, 0.15) is 81.0 Å². The summed E-state index contributed by atoms with van der Waals surface area (Å²) in [5.74, 6) is 0.386. The predicted molar refractivity (Wildman–Crippen MR) is 151 cm³/mol. The van der Waals surface area contributed by atoms with E-state index in [1.54, 1.807) is 6.07 Å². The number of likely N-dealkylation sites (tertiary alicyclic amines) is 1. The summed E-state index contributed by atoms with van der Waals surface area (Å²) in [6.45, 7) is 2.41. The van der Waals surface area contributed by atoms with E-state index < -0.39 is 11.7 Å². The normalized spacial score (nSPS) is 25.6. The molecule has 4 atom stereocenters. The van der Waals surface area contributed by atoms with Gasteiger partial charge in [0.15, 0.2) is 6.10 Å². The van der Waals surface area contributed by atoms with Crippen LogP contribution in [0.3, 0.4) is 0 Å². The zero-order valence-electron chi connectivity index (χ0n) is 22.5. The van der Waals surface area contributed by atoms with Crippen LogP contribution in [0.25, 0.3) is 11.0 Å². The number of benzene rings is 2. The standard InChI is InChI=1S/C32H36ClNO5/c1-2-27(38-22-14-15-24-23-7-3-4-8-25(23)31(36)39-28(24)19-22)30(35)34-18-17-32(37)16-6-5-9-26(32)29(34)20-10-12-21(33)13-11-20/h10-15,19,26-27,29,37H,2-9,16-18H2,1H3/t26-,27+,29+,32+/m1/s1. The van der Waals surface area contributed by atoms with E-state index in [4.69, 9.17) is 20.8 Å². The number of hydrogen-bond acceptors (Lipinski definition) is 5. The van der Waals surface area contributed by atoms with Crippen molar-refractivity contribution in [1.29, 1.82) is 0 Å². The highest BCUT2D eigenvalue weighted by atomic mass is 35.5. The minimum absolute atomic E-state index is 0.0382. The van der Waals surface area contributed by atoms with Gasteiger partial charge in [0.25, 0.3) is 5.91 Å². The number of amides is 1. The third-order valence-electron chi connectivity index (χ3n) is 9.18. The lowest BCUT2D eigenvalue weighted by Crippen LogP contribution is -2.58. The van der Waals surface area contributed by atoms with Crippen molar-refractivity contribution in [2.75, 3.05) is 6.54 Å². The fourth-order valence-electron chi connectivity index (χ4n) is 7.16. The smallest absolute Gasteiger partial charge is 0.339 e. The third-order valence-corrected chi connectivity index (χ3v) is 9.43. The van der Waals surface area contributed by atoms with Crippen molar-refractivity contribution in [2.24, 2.45) is 5.92 Å². The fraction of sp³-hybridized carbons (Fsp3) is 0.500. The van der Waals surface area contributed by atoms with Crippen LogP contribution in [0.2, 0.25) is 5.02 Å². The minimum atomic E-state index is -0.767. The summed E-state index contributed by atoms with van der Waals surface area (Å²) in [4.78, 5) is 28.6. The van der Waals surface area contributed by atoms with Crippen molar-refractivity contribution >= 4 is 28.5 Å². The quantitative estimate of drug-likeness (QED) is 0.374. The largest absolute Gasteiger partial charge is 0.480 e. The van der Waals surface area contributed by atoms with Crippen molar-refractivity contribution in [3.8, 4) is 5.75 Å². The molecular formula is C32H36ClNO5. The van der Waals surface area contributed by atoms with Crippen LogP contribution in [-0.4, -0.2) is 34.2 Å². The Bertz CT molecular complexity index is 1430. The first-order valence-electron chi connectivity index (χ1n) is 14.4. The van der Waals surface area contributed by atoms with E-state index in [1.807, 2.05) is 48.2 Å². The fourth-order valence-corrected chi connectivity index (χ4v) is 7.28. The van der Waals surface area contributed by atoms with Crippen molar-refractivity contribution in [3.63, 3.8) is 0 Å². The first kappa shape index (κ1) is 26.4. The Morgan fingerprint density at radius 2 is 1.87 bits per heavy atom. The highest BCUT2D eigenvalue weighted by Gasteiger charge is 2.51. The maximum absolute atomic E-state index is 14.1. The van der Waals surface area contributed by atoms with Gasteiger partial charge in [-0.05, 0) is 86.8 Å². The predicted octanol–water partition coefficient (Wildman–Crippen LogP) is 6.38. The summed E-state index contributed by atoms with van der Waals surface area (Å²) in [7, 11) is 0. The molecular weight excluding hydrogens is 514 g/mol. The van der Waals surface area contributed by atoms with Crippen LogP contribution in [-0.2, 0) is 17.6 Å². The topological polar surface area (TPSA) is 80.0 Å². The molecule has 1 aliphatic heterocycles. The number of ether oxygens (including phenoxy) is 1. The molecule has 1 amide bonds. The molecule has 206 valence electrons. The first-order valence-corrected chi connectivity index (χ1v) is 14.8. The Kier molecular flexibility index (Phi) is 7.19. The Balaban J connectivity index is 1.30. The Morgan fingerprint density at radius 3 is 2.64 bits per heavy atom. The lowest BCUT2D eigenvalue weighted by atomic mass is 9.66. The Hall–Kier alpha value is -2.83. The number of piperidine rings is 1. The number of rotatable bonds is 5. The van der Waals surface area contributed by atoms with Gasteiger partial charge in [-0.1, -0.05) is 43.5 Å². The van der Waals surface area contributed by atoms with E-state index >= 15 is 0 Å². The van der Waals surface area contributed by atoms with Crippen LogP contribution < -0.4 is 10.4 Å². The second kappa shape index (κ2) is 10.6. The lowest BCUT2D eigenvalue weighted by molar-refractivity contribution is -0.161. The second-order valence-electron chi connectivity index (χ2n) is 11.5. The molecule has 2 fully saturated rings. The zero-order chi connectivity index (χ0) is 27.1. The number of fused-ring (bicyclic) bond motifs is 4. The van der Waals surface area contributed by atoms with Crippen LogP contribution in [0, 0.1) is 5.92 Å². The third kappa shape index (κ3) is 4.87. The van der Waals surface area contributed by atoms with Gasteiger partial charge in [-0.15, -0.1) is 0 Å². The molecule has 1 aromatic heterocycles. The monoisotopic (exact) mass is 549 g/mol. The van der Waals surface area contributed by atoms with Gasteiger partial charge in [0.2, 0.25) is 0 Å². The number of halogens is 1. The number of aryl methyl sites for hydroxylation is 1. The van der Waals surface area contributed by atoms with E-state index in [0.29, 0.717) is 35.7 Å².